The molecule has 0 saturated carbocycles. The Morgan fingerprint density at radius 2 is 1.93 bits per heavy atom. The Hall–Kier alpha value is -2.41. The summed E-state index contributed by atoms with van der Waals surface area (Å²) in [6.45, 7) is 9.57. The van der Waals surface area contributed by atoms with Crippen molar-refractivity contribution in [3.8, 4) is 11.5 Å². The molecule has 0 aliphatic rings. The highest BCUT2D eigenvalue weighted by atomic mass is 16.5. The van der Waals surface area contributed by atoms with E-state index >= 15 is 0 Å². The lowest BCUT2D eigenvalue weighted by Crippen LogP contribution is -2.39. The highest BCUT2D eigenvalue weighted by molar-refractivity contribution is 5.79. The van der Waals surface area contributed by atoms with Crippen molar-refractivity contribution in [2.45, 2.75) is 40.0 Å². The first-order valence-electron chi connectivity index (χ1n) is 10.1. The zero-order chi connectivity index (χ0) is 20.2. The van der Waals surface area contributed by atoms with E-state index in [1.807, 2.05) is 19.1 Å². The van der Waals surface area contributed by atoms with Crippen LogP contribution in [0, 0.1) is 5.92 Å². The number of hydrogen-bond acceptors (Lipinski definition) is 5. The molecular formula is C21H33N5O2. The van der Waals surface area contributed by atoms with Crippen LogP contribution in [0.1, 0.15) is 38.6 Å². The molecule has 1 aromatic heterocycles. The van der Waals surface area contributed by atoms with Crippen LogP contribution < -0.4 is 10.6 Å². The zero-order valence-electron chi connectivity index (χ0n) is 17.5. The smallest absolute Gasteiger partial charge is 0.257 e. The van der Waals surface area contributed by atoms with Crippen molar-refractivity contribution >= 4 is 5.96 Å². The second kappa shape index (κ2) is 12.1. The molecule has 0 atom stereocenters. The van der Waals surface area contributed by atoms with Crippen molar-refractivity contribution in [3.63, 3.8) is 0 Å². The van der Waals surface area contributed by atoms with Crippen molar-refractivity contribution in [2.24, 2.45) is 10.9 Å². The zero-order valence-corrected chi connectivity index (χ0v) is 17.5. The molecule has 0 unspecified atom stereocenters. The Bertz CT molecular complexity index is 710. The largest absolute Gasteiger partial charge is 0.381 e. The summed E-state index contributed by atoms with van der Waals surface area (Å²) in [5.41, 5.74) is 2.19. The first-order chi connectivity index (χ1) is 13.6. The van der Waals surface area contributed by atoms with Crippen LogP contribution in [0.15, 0.2) is 33.8 Å². The number of ether oxygens (including phenoxy) is 1. The number of hydrogen-bond donors (Lipinski definition) is 2. The molecular weight excluding hydrogens is 354 g/mol. The van der Waals surface area contributed by atoms with Gasteiger partial charge in [-0.3, -0.25) is 4.99 Å². The summed E-state index contributed by atoms with van der Waals surface area (Å²) in [6.07, 6.45) is 2.64. The Morgan fingerprint density at radius 3 is 2.57 bits per heavy atom. The molecule has 7 nitrogen and oxygen atoms in total. The lowest BCUT2D eigenvalue weighted by atomic mass is 10.1. The van der Waals surface area contributed by atoms with Crippen LogP contribution in [0.3, 0.4) is 0 Å². The molecule has 0 aliphatic heterocycles. The van der Waals surface area contributed by atoms with E-state index in [-0.39, 0.29) is 0 Å². The minimum atomic E-state index is 0.573. The fourth-order valence-corrected chi connectivity index (χ4v) is 2.57. The molecule has 2 rings (SSSR count). The molecule has 0 radical (unpaired) electrons. The van der Waals surface area contributed by atoms with Gasteiger partial charge in [-0.05, 0) is 36.5 Å². The second-order valence-corrected chi connectivity index (χ2v) is 7.06. The van der Waals surface area contributed by atoms with E-state index in [1.54, 1.807) is 7.05 Å². The first kappa shape index (κ1) is 21.9. The van der Waals surface area contributed by atoms with E-state index < -0.39 is 0 Å². The number of aliphatic imine (C=N–C) groups is 1. The van der Waals surface area contributed by atoms with Gasteiger partial charge in [0.15, 0.2) is 11.8 Å². The van der Waals surface area contributed by atoms with Gasteiger partial charge in [-0.1, -0.05) is 38.1 Å². The molecule has 0 spiro atoms. The molecule has 0 bridgehead atoms. The predicted octanol–water partition coefficient (Wildman–Crippen LogP) is 3.07. The topological polar surface area (TPSA) is 84.6 Å². The van der Waals surface area contributed by atoms with Gasteiger partial charge in [0, 0.05) is 45.3 Å². The summed E-state index contributed by atoms with van der Waals surface area (Å²) >= 11 is 0. The van der Waals surface area contributed by atoms with E-state index in [0.29, 0.717) is 11.8 Å². The summed E-state index contributed by atoms with van der Waals surface area (Å²) in [7, 11) is 1.79. The third-order valence-electron chi connectivity index (χ3n) is 4.12. The number of benzene rings is 1. The second-order valence-electron chi connectivity index (χ2n) is 7.06. The van der Waals surface area contributed by atoms with E-state index in [2.05, 4.69) is 51.7 Å². The van der Waals surface area contributed by atoms with Gasteiger partial charge in [0.2, 0.25) is 0 Å². The molecule has 1 aromatic carbocycles. The maximum atomic E-state index is 5.58. The third-order valence-corrected chi connectivity index (χ3v) is 4.12. The number of nitrogens with one attached hydrogen (secondary N) is 2. The quantitative estimate of drug-likeness (QED) is 0.350. The van der Waals surface area contributed by atoms with Crippen LogP contribution in [0.5, 0.6) is 0 Å². The molecule has 2 aromatic rings. The molecule has 0 amide bonds. The average Bonchev–Trinajstić information content (AvgIpc) is 3.18. The summed E-state index contributed by atoms with van der Waals surface area (Å²) in [5.74, 6) is 2.70. The van der Waals surface area contributed by atoms with E-state index in [0.717, 1.165) is 62.9 Å². The average molecular weight is 388 g/mol. The van der Waals surface area contributed by atoms with Crippen molar-refractivity contribution in [1.82, 2.24) is 20.8 Å². The molecule has 154 valence electrons. The highest BCUT2D eigenvalue weighted by Crippen LogP contribution is 2.18. The maximum absolute atomic E-state index is 5.58. The number of nitrogens with zero attached hydrogens (tertiary/aromatic N) is 3. The van der Waals surface area contributed by atoms with Gasteiger partial charge in [0.05, 0.1) is 0 Å². The maximum Gasteiger partial charge on any atom is 0.257 e. The predicted molar refractivity (Wildman–Crippen MR) is 112 cm³/mol. The fourth-order valence-electron chi connectivity index (χ4n) is 2.57. The highest BCUT2D eigenvalue weighted by Gasteiger charge is 2.07. The standard InChI is InChI=1S/C21H33N5O2/c1-5-19-25-20(28-26-19)18-9-7-17(8-10-18)11-13-24-21(22-4)23-12-6-14-27-15-16(2)3/h7-10,16H,5-6,11-15H2,1-4H3,(H2,22,23,24). The Morgan fingerprint density at radius 1 is 1.18 bits per heavy atom. The molecule has 1 heterocycles. The summed E-state index contributed by atoms with van der Waals surface area (Å²) < 4.78 is 10.9. The van der Waals surface area contributed by atoms with Crippen molar-refractivity contribution in [1.29, 1.82) is 0 Å². The number of aryl methyl sites for hydroxylation is 1. The fraction of sp³-hybridized carbons (Fsp3) is 0.571. The van der Waals surface area contributed by atoms with Crippen LogP contribution in [0.2, 0.25) is 0 Å². The van der Waals surface area contributed by atoms with Gasteiger partial charge >= 0.3 is 0 Å². The van der Waals surface area contributed by atoms with Gasteiger partial charge in [-0.25, -0.2) is 0 Å². The van der Waals surface area contributed by atoms with Crippen molar-refractivity contribution in [2.75, 3.05) is 33.4 Å². The van der Waals surface area contributed by atoms with E-state index in [1.165, 1.54) is 5.56 Å². The third kappa shape index (κ3) is 7.68. The van der Waals surface area contributed by atoms with Gasteiger partial charge in [-0.15, -0.1) is 0 Å². The van der Waals surface area contributed by atoms with Crippen LogP contribution in [0.4, 0.5) is 0 Å². The molecule has 0 aliphatic carbocycles. The Balaban J connectivity index is 1.67. The van der Waals surface area contributed by atoms with Gasteiger partial charge in [0.25, 0.3) is 5.89 Å². The molecule has 28 heavy (non-hydrogen) atoms. The van der Waals surface area contributed by atoms with Gasteiger partial charge < -0.3 is 19.9 Å². The van der Waals surface area contributed by atoms with E-state index in [4.69, 9.17) is 9.26 Å². The monoisotopic (exact) mass is 387 g/mol. The SMILES string of the molecule is CCc1noc(-c2ccc(CCNC(=NC)NCCCOCC(C)C)cc2)n1. The summed E-state index contributed by atoms with van der Waals surface area (Å²) in [5, 5.41) is 10.6. The van der Waals surface area contributed by atoms with Crippen LogP contribution in [-0.2, 0) is 17.6 Å². The minimum Gasteiger partial charge on any atom is -0.381 e. The summed E-state index contributed by atoms with van der Waals surface area (Å²) in [4.78, 5) is 8.61. The molecule has 0 fully saturated rings. The molecule has 7 heteroatoms. The summed E-state index contributed by atoms with van der Waals surface area (Å²) in [6, 6.07) is 8.23. The number of aromatic nitrogens is 2. The van der Waals surface area contributed by atoms with Crippen molar-refractivity contribution < 1.29 is 9.26 Å². The van der Waals surface area contributed by atoms with Crippen LogP contribution in [-0.4, -0.2) is 49.5 Å². The van der Waals surface area contributed by atoms with Gasteiger partial charge in [0.1, 0.15) is 0 Å². The number of rotatable bonds is 11. The Kier molecular flexibility index (Phi) is 9.48. The van der Waals surface area contributed by atoms with Crippen LogP contribution in [0.25, 0.3) is 11.5 Å². The lowest BCUT2D eigenvalue weighted by Gasteiger charge is -2.12. The first-order valence-corrected chi connectivity index (χ1v) is 10.1. The van der Waals surface area contributed by atoms with E-state index in [9.17, 15) is 0 Å². The lowest BCUT2D eigenvalue weighted by molar-refractivity contribution is 0.108. The van der Waals surface area contributed by atoms with Crippen LogP contribution >= 0.6 is 0 Å². The number of guanidine groups is 1. The molecule has 0 saturated heterocycles. The van der Waals surface area contributed by atoms with Crippen molar-refractivity contribution in [3.05, 3.63) is 35.7 Å². The minimum absolute atomic E-state index is 0.573. The molecule has 2 N–H and O–H groups in total. The van der Waals surface area contributed by atoms with Gasteiger partial charge in [-0.2, -0.15) is 4.98 Å². The normalized spacial score (nSPS) is 11.8. The Labute approximate surface area is 168 Å².